The van der Waals surface area contributed by atoms with Gasteiger partial charge in [0.2, 0.25) is 11.9 Å². The first-order valence-corrected chi connectivity index (χ1v) is 11.6. The molecule has 1 atom stereocenters. The Bertz CT molecular complexity index is 1150. The van der Waals surface area contributed by atoms with Gasteiger partial charge in [-0.15, -0.1) is 10.2 Å². The average Bonchev–Trinajstić information content (AvgIpc) is 3.43. The molecule has 0 bridgehead atoms. The molecule has 1 N–H and O–H groups in total. The maximum atomic E-state index is 13.3. The van der Waals surface area contributed by atoms with Crippen molar-refractivity contribution in [3.8, 4) is 5.69 Å². The van der Waals surface area contributed by atoms with Crippen LogP contribution < -0.4 is 10.2 Å². The van der Waals surface area contributed by atoms with Crippen molar-refractivity contribution in [2.75, 3.05) is 23.3 Å². The molecule has 0 radical (unpaired) electrons. The monoisotopic (exact) mass is 495 g/mol. The number of nitrogens with one attached hydrogen (secondary N) is 1. The zero-order valence-electron chi connectivity index (χ0n) is 17.6. The van der Waals surface area contributed by atoms with Gasteiger partial charge in [-0.25, -0.2) is 0 Å². The Hall–Kier alpha value is -2.72. The van der Waals surface area contributed by atoms with Crippen LogP contribution in [0.25, 0.3) is 5.69 Å². The highest BCUT2D eigenvalue weighted by Crippen LogP contribution is 2.36. The number of halogens is 4. The van der Waals surface area contributed by atoms with Gasteiger partial charge in [0.1, 0.15) is 0 Å². The zero-order chi connectivity index (χ0) is 23.6. The number of aromatic nitrogens is 3. The highest BCUT2D eigenvalue weighted by Gasteiger charge is 2.34. The summed E-state index contributed by atoms with van der Waals surface area (Å²) >= 11 is 7.31. The fourth-order valence-corrected chi connectivity index (χ4v) is 4.63. The number of hydrogen-bond donors (Lipinski definition) is 1. The predicted molar refractivity (Wildman–Crippen MR) is 123 cm³/mol. The van der Waals surface area contributed by atoms with Gasteiger partial charge < -0.3 is 10.2 Å². The maximum absolute atomic E-state index is 13.3. The lowest BCUT2D eigenvalue weighted by molar-refractivity contribution is -0.137. The number of amides is 1. The predicted octanol–water partition coefficient (Wildman–Crippen LogP) is 5.66. The fourth-order valence-electron chi connectivity index (χ4n) is 3.59. The Labute approximate surface area is 198 Å². The molecular weight excluding hydrogens is 475 g/mol. The Balaban J connectivity index is 1.60. The third kappa shape index (κ3) is 5.27. The number of hydrogen-bond acceptors (Lipinski definition) is 5. The van der Waals surface area contributed by atoms with E-state index in [1.165, 1.54) is 18.2 Å². The Kier molecular flexibility index (Phi) is 6.85. The van der Waals surface area contributed by atoms with Crippen molar-refractivity contribution < 1.29 is 18.0 Å². The van der Waals surface area contributed by atoms with Crippen molar-refractivity contribution in [2.45, 2.75) is 36.3 Å². The number of benzene rings is 2. The Morgan fingerprint density at radius 1 is 1.12 bits per heavy atom. The normalized spacial score (nSPS) is 15.0. The first-order chi connectivity index (χ1) is 15.7. The molecule has 1 unspecified atom stereocenters. The van der Waals surface area contributed by atoms with Gasteiger partial charge >= 0.3 is 6.18 Å². The van der Waals surface area contributed by atoms with Crippen molar-refractivity contribution in [1.29, 1.82) is 0 Å². The van der Waals surface area contributed by atoms with Crippen molar-refractivity contribution in [3.05, 3.63) is 59.1 Å². The molecule has 4 rings (SSSR count). The molecule has 3 aromatic rings. The first kappa shape index (κ1) is 23.4. The van der Waals surface area contributed by atoms with Crippen LogP contribution in [0.2, 0.25) is 5.02 Å². The van der Waals surface area contributed by atoms with Gasteiger partial charge in [0.05, 0.1) is 22.2 Å². The van der Waals surface area contributed by atoms with Crippen molar-refractivity contribution in [2.24, 2.45) is 0 Å². The molecule has 1 amide bonds. The molecule has 2 heterocycles. The molecule has 0 spiro atoms. The van der Waals surface area contributed by atoms with Gasteiger partial charge in [0.25, 0.3) is 0 Å². The average molecular weight is 496 g/mol. The smallest absolute Gasteiger partial charge is 0.341 e. The number of rotatable bonds is 6. The van der Waals surface area contributed by atoms with Crippen LogP contribution in [0.15, 0.2) is 53.7 Å². The number of alkyl halides is 3. The van der Waals surface area contributed by atoms with Gasteiger partial charge in [0, 0.05) is 18.1 Å². The van der Waals surface area contributed by atoms with Crippen molar-refractivity contribution >= 4 is 40.9 Å². The van der Waals surface area contributed by atoms with E-state index >= 15 is 0 Å². The van der Waals surface area contributed by atoms with E-state index in [1.807, 2.05) is 16.7 Å². The van der Waals surface area contributed by atoms with Gasteiger partial charge in [-0.1, -0.05) is 41.6 Å². The van der Waals surface area contributed by atoms with E-state index in [0.29, 0.717) is 16.1 Å². The van der Waals surface area contributed by atoms with E-state index in [9.17, 15) is 18.0 Å². The third-order valence-corrected chi connectivity index (χ3v) is 6.49. The van der Waals surface area contributed by atoms with E-state index in [2.05, 4.69) is 20.4 Å². The lowest BCUT2D eigenvalue weighted by atomic mass is 10.1. The molecule has 0 aliphatic carbocycles. The summed E-state index contributed by atoms with van der Waals surface area (Å²) in [6.07, 6.45) is -2.48. The second-order valence-corrected chi connectivity index (χ2v) is 9.33. The van der Waals surface area contributed by atoms with Crippen LogP contribution in [-0.2, 0) is 11.0 Å². The van der Waals surface area contributed by atoms with Crippen LogP contribution in [0, 0.1) is 0 Å². The number of thioether (sulfide) groups is 1. The van der Waals surface area contributed by atoms with Crippen LogP contribution in [0.5, 0.6) is 0 Å². The maximum Gasteiger partial charge on any atom is 0.418 e. The second kappa shape index (κ2) is 9.64. The highest BCUT2D eigenvalue weighted by molar-refractivity contribution is 8.00. The van der Waals surface area contributed by atoms with Crippen LogP contribution in [0.3, 0.4) is 0 Å². The van der Waals surface area contributed by atoms with Crippen molar-refractivity contribution in [3.63, 3.8) is 0 Å². The van der Waals surface area contributed by atoms with Crippen LogP contribution >= 0.6 is 23.4 Å². The summed E-state index contributed by atoms with van der Waals surface area (Å²) in [4.78, 5) is 14.9. The first-order valence-electron chi connectivity index (χ1n) is 10.3. The van der Waals surface area contributed by atoms with Gasteiger partial charge in [0.15, 0.2) is 5.16 Å². The molecular formula is C22H21ClF3N5OS. The quantitative estimate of drug-likeness (QED) is 0.447. The number of anilines is 2. The minimum Gasteiger partial charge on any atom is -0.341 e. The molecule has 174 valence electrons. The largest absolute Gasteiger partial charge is 0.418 e. The highest BCUT2D eigenvalue weighted by atomic mass is 35.5. The van der Waals surface area contributed by atoms with E-state index in [0.717, 1.165) is 49.4 Å². The lowest BCUT2D eigenvalue weighted by Gasteiger charge is -2.19. The molecule has 1 aliphatic heterocycles. The minimum absolute atomic E-state index is 0.281. The fraction of sp³-hybridized carbons (Fsp3) is 0.318. The minimum atomic E-state index is -4.57. The molecule has 0 saturated carbocycles. The molecule has 33 heavy (non-hydrogen) atoms. The number of carbonyl (C=O) groups is 1. The molecule has 11 heteroatoms. The van der Waals surface area contributed by atoms with Crippen LogP contribution in [-0.4, -0.2) is 39.0 Å². The molecule has 1 aliphatic rings. The Morgan fingerprint density at radius 3 is 2.55 bits per heavy atom. The van der Waals surface area contributed by atoms with Crippen LogP contribution in [0.4, 0.5) is 24.8 Å². The van der Waals surface area contributed by atoms with Gasteiger partial charge in [-0.3, -0.25) is 9.36 Å². The van der Waals surface area contributed by atoms with Crippen LogP contribution in [0.1, 0.15) is 25.3 Å². The zero-order valence-corrected chi connectivity index (χ0v) is 19.2. The number of carbonyl (C=O) groups excluding carboxylic acids is 1. The van der Waals surface area contributed by atoms with Gasteiger partial charge in [-0.05, 0) is 50.1 Å². The summed E-state index contributed by atoms with van der Waals surface area (Å²) in [5, 5.41) is 11.3. The molecule has 1 saturated heterocycles. The van der Waals surface area contributed by atoms with Gasteiger partial charge in [-0.2, -0.15) is 13.2 Å². The summed E-state index contributed by atoms with van der Waals surface area (Å²) in [6, 6.07) is 12.1. The summed E-state index contributed by atoms with van der Waals surface area (Å²) in [5.41, 5.74) is -0.433. The number of nitrogens with zero attached hydrogens (tertiary/aromatic N) is 4. The topological polar surface area (TPSA) is 63.1 Å². The molecule has 2 aromatic carbocycles. The van der Waals surface area contributed by atoms with Crippen molar-refractivity contribution in [1.82, 2.24) is 14.8 Å². The molecule has 1 aromatic heterocycles. The second-order valence-electron chi connectivity index (χ2n) is 7.58. The summed E-state index contributed by atoms with van der Waals surface area (Å²) in [7, 11) is 0. The van der Waals surface area contributed by atoms with E-state index in [-0.39, 0.29) is 5.69 Å². The lowest BCUT2D eigenvalue weighted by Crippen LogP contribution is -2.25. The van der Waals surface area contributed by atoms with E-state index < -0.39 is 22.9 Å². The Morgan fingerprint density at radius 2 is 1.85 bits per heavy atom. The number of para-hydroxylation sites is 1. The summed E-state index contributed by atoms with van der Waals surface area (Å²) in [5.74, 6) is 0.0763. The summed E-state index contributed by atoms with van der Waals surface area (Å²) in [6.45, 7) is 3.30. The standard InChI is InChI=1S/C22H21ClF3N5OS/c1-14(19(32)27-18-10-3-2-9-17(18)22(24,25)26)33-21-29-28-20(30-11-4-5-12-30)31(21)16-8-6-7-15(23)13-16/h2-3,6-10,13-14H,4-5,11-12H2,1H3,(H,27,32). The molecule has 6 nitrogen and oxygen atoms in total. The van der Waals surface area contributed by atoms with E-state index in [4.69, 9.17) is 11.6 Å². The third-order valence-electron chi connectivity index (χ3n) is 5.21. The molecule has 1 fully saturated rings. The SMILES string of the molecule is CC(Sc1nnc(N2CCCC2)n1-c1cccc(Cl)c1)C(=O)Nc1ccccc1C(F)(F)F. The summed E-state index contributed by atoms with van der Waals surface area (Å²) < 4.78 is 41.7. The van der Waals surface area contributed by atoms with E-state index in [1.54, 1.807) is 19.1 Å².